The van der Waals surface area contributed by atoms with Crippen LogP contribution >= 0.6 is 0 Å². The van der Waals surface area contributed by atoms with Gasteiger partial charge in [0.2, 0.25) is 10.0 Å². The molecule has 0 aliphatic rings. The third kappa shape index (κ3) is 5.14. The van der Waals surface area contributed by atoms with Crippen molar-refractivity contribution in [3.05, 3.63) is 17.9 Å². The highest BCUT2D eigenvalue weighted by Gasteiger charge is 2.18. The number of hydrogen-bond acceptors (Lipinski definition) is 5. The number of unbranched alkanes of at least 4 members (excludes halogenated alkanes) is 2. The summed E-state index contributed by atoms with van der Waals surface area (Å²) in [5.41, 5.74) is 5.51. The van der Waals surface area contributed by atoms with Crippen molar-refractivity contribution < 1.29 is 22.3 Å². The van der Waals surface area contributed by atoms with Gasteiger partial charge in [-0.05, 0) is 31.4 Å². The van der Waals surface area contributed by atoms with Crippen LogP contribution in [0.15, 0.2) is 17.0 Å². The van der Waals surface area contributed by atoms with E-state index in [1.54, 1.807) is 7.11 Å². The van der Waals surface area contributed by atoms with E-state index in [0.29, 0.717) is 13.0 Å². The molecular formula is C13H21FN2O4S. The lowest BCUT2D eigenvalue weighted by atomic mass is 10.2. The van der Waals surface area contributed by atoms with Gasteiger partial charge < -0.3 is 15.2 Å². The summed E-state index contributed by atoms with van der Waals surface area (Å²) in [6.07, 6.45) is 2.38. The second-order valence-corrected chi connectivity index (χ2v) is 6.25. The highest BCUT2D eigenvalue weighted by molar-refractivity contribution is 7.89. The molecule has 0 atom stereocenters. The third-order valence-corrected chi connectivity index (χ3v) is 4.32. The Bertz CT molecular complexity index is 540. The predicted molar refractivity (Wildman–Crippen MR) is 78.3 cm³/mol. The molecule has 0 aliphatic heterocycles. The number of sulfonamides is 1. The fraction of sp³-hybridized carbons (Fsp3) is 0.538. The number of benzene rings is 1. The topological polar surface area (TPSA) is 90.7 Å². The quantitative estimate of drug-likeness (QED) is 0.532. The normalized spacial score (nSPS) is 11.6. The smallest absolute Gasteiger partial charge is 0.240 e. The Labute approximate surface area is 124 Å². The Morgan fingerprint density at radius 2 is 1.95 bits per heavy atom. The number of nitrogen functional groups attached to an aromatic ring is 1. The maximum Gasteiger partial charge on any atom is 0.240 e. The molecule has 0 aromatic heterocycles. The van der Waals surface area contributed by atoms with Crippen molar-refractivity contribution >= 4 is 15.7 Å². The average molecular weight is 320 g/mol. The minimum Gasteiger partial charge on any atom is -0.492 e. The molecule has 1 rings (SSSR count). The van der Waals surface area contributed by atoms with Crippen LogP contribution in [0, 0.1) is 5.82 Å². The monoisotopic (exact) mass is 320 g/mol. The van der Waals surface area contributed by atoms with Crippen LogP contribution in [0.1, 0.15) is 19.3 Å². The molecule has 0 saturated heterocycles. The first-order valence-electron chi connectivity index (χ1n) is 6.54. The summed E-state index contributed by atoms with van der Waals surface area (Å²) >= 11 is 0. The lowest BCUT2D eigenvalue weighted by molar-refractivity contribution is 0.192. The molecule has 0 radical (unpaired) electrons. The summed E-state index contributed by atoms with van der Waals surface area (Å²) in [6, 6.07) is 2.07. The van der Waals surface area contributed by atoms with Crippen LogP contribution in [-0.2, 0) is 14.8 Å². The van der Waals surface area contributed by atoms with Gasteiger partial charge in [-0.1, -0.05) is 0 Å². The van der Waals surface area contributed by atoms with E-state index in [0.717, 1.165) is 18.9 Å². The molecule has 0 spiro atoms. The van der Waals surface area contributed by atoms with Crippen LogP contribution in [0.2, 0.25) is 0 Å². The van der Waals surface area contributed by atoms with Crippen LogP contribution in [0.3, 0.4) is 0 Å². The summed E-state index contributed by atoms with van der Waals surface area (Å²) in [7, 11) is -0.898. The Kier molecular flexibility index (Phi) is 6.86. The number of methoxy groups -OCH3 is 2. The molecule has 0 bridgehead atoms. The van der Waals surface area contributed by atoms with Gasteiger partial charge >= 0.3 is 0 Å². The van der Waals surface area contributed by atoms with E-state index < -0.39 is 15.8 Å². The number of anilines is 1. The first kappa shape index (κ1) is 17.7. The average Bonchev–Trinajstić information content (AvgIpc) is 2.42. The number of nitrogens with two attached hydrogens (primary N) is 1. The highest BCUT2D eigenvalue weighted by Crippen LogP contribution is 2.28. The molecule has 3 N–H and O–H groups in total. The molecule has 0 unspecified atom stereocenters. The van der Waals surface area contributed by atoms with E-state index in [4.69, 9.17) is 15.2 Å². The van der Waals surface area contributed by atoms with Gasteiger partial charge in [-0.2, -0.15) is 0 Å². The third-order valence-electron chi connectivity index (χ3n) is 2.88. The van der Waals surface area contributed by atoms with Gasteiger partial charge in [0.05, 0.1) is 17.7 Å². The number of hydrogen-bond donors (Lipinski definition) is 2. The Balaban J connectivity index is 2.66. The highest BCUT2D eigenvalue weighted by atomic mass is 32.2. The van der Waals surface area contributed by atoms with Crippen LogP contribution in [0.5, 0.6) is 5.75 Å². The summed E-state index contributed by atoms with van der Waals surface area (Å²) < 4.78 is 49.8. The summed E-state index contributed by atoms with van der Waals surface area (Å²) in [4.78, 5) is -0.213. The Hall–Kier alpha value is -1.38. The Morgan fingerprint density at radius 3 is 2.52 bits per heavy atom. The van der Waals surface area contributed by atoms with Crippen molar-refractivity contribution in [1.82, 2.24) is 4.72 Å². The minimum atomic E-state index is -3.78. The van der Waals surface area contributed by atoms with E-state index in [9.17, 15) is 12.8 Å². The largest absolute Gasteiger partial charge is 0.492 e. The lowest BCUT2D eigenvalue weighted by Crippen LogP contribution is -2.25. The van der Waals surface area contributed by atoms with Gasteiger partial charge in [0, 0.05) is 20.3 Å². The molecule has 0 heterocycles. The second kappa shape index (κ2) is 8.16. The molecule has 0 amide bonds. The standard InChI is InChI=1S/C13H21FN2O4S/c1-19-7-5-3-4-6-16-21(17,18)10-8-11(14)13(20-2)12(15)9-10/h8-9,16H,3-7,15H2,1-2H3. The van der Waals surface area contributed by atoms with E-state index in [2.05, 4.69) is 4.72 Å². The molecule has 120 valence electrons. The first-order valence-corrected chi connectivity index (χ1v) is 8.02. The molecule has 0 saturated carbocycles. The number of ether oxygens (including phenoxy) is 2. The van der Waals surface area contributed by atoms with Gasteiger partial charge in [0.1, 0.15) is 0 Å². The summed E-state index contributed by atoms with van der Waals surface area (Å²) in [6.45, 7) is 0.923. The zero-order chi connectivity index (χ0) is 15.9. The molecule has 8 heteroatoms. The van der Waals surface area contributed by atoms with Crippen molar-refractivity contribution in [2.75, 3.05) is 33.1 Å². The van der Waals surface area contributed by atoms with Crippen molar-refractivity contribution in [2.45, 2.75) is 24.2 Å². The molecule has 0 aliphatic carbocycles. The van der Waals surface area contributed by atoms with Gasteiger partial charge in [0.15, 0.2) is 11.6 Å². The van der Waals surface area contributed by atoms with Gasteiger partial charge in [0.25, 0.3) is 0 Å². The van der Waals surface area contributed by atoms with E-state index >= 15 is 0 Å². The van der Waals surface area contributed by atoms with Crippen molar-refractivity contribution in [3.8, 4) is 5.75 Å². The molecule has 1 aromatic rings. The van der Waals surface area contributed by atoms with Crippen LogP contribution in [-0.4, -0.2) is 35.8 Å². The molecular weight excluding hydrogens is 299 g/mol. The van der Waals surface area contributed by atoms with E-state index in [-0.39, 0.29) is 22.9 Å². The van der Waals surface area contributed by atoms with Crippen LogP contribution < -0.4 is 15.2 Å². The summed E-state index contributed by atoms with van der Waals surface area (Å²) in [5.74, 6) is -0.966. The van der Waals surface area contributed by atoms with Crippen molar-refractivity contribution in [1.29, 1.82) is 0 Å². The van der Waals surface area contributed by atoms with Gasteiger partial charge in [-0.25, -0.2) is 17.5 Å². The van der Waals surface area contributed by atoms with E-state index in [1.165, 1.54) is 13.2 Å². The van der Waals surface area contributed by atoms with Crippen molar-refractivity contribution in [3.63, 3.8) is 0 Å². The fourth-order valence-corrected chi connectivity index (χ4v) is 2.92. The SMILES string of the molecule is COCCCCCNS(=O)(=O)c1cc(N)c(OC)c(F)c1. The lowest BCUT2D eigenvalue weighted by Gasteiger charge is -2.10. The van der Waals surface area contributed by atoms with Gasteiger partial charge in [-0.15, -0.1) is 0 Å². The maximum atomic E-state index is 13.7. The molecule has 1 aromatic carbocycles. The Morgan fingerprint density at radius 1 is 1.24 bits per heavy atom. The van der Waals surface area contributed by atoms with Crippen LogP contribution in [0.4, 0.5) is 10.1 Å². The zero-order valence-corrected chi connectivity index (χ0v) is 13.0. The van der Waals surface area contributed by atoms with E-state index in [1.807, 2.05) is 0 Å². The number of rotatable bonds is 9. The summed E-state index contributed by atoms with van der Waals surface area (Å²) in [5, 5.41) is 0. The molecule has 6 nitrogen and oxygen atoms in total. The predicted octanol–water partition coefficient (Wildman–Crippen LogP) is 1.51. The number of nitrogens with one attached hydrogen (secondary N) is 1. The molecule has 0 fully saturated rings. The van der Waals surface area contributed by atoms with Crippen molar-refractivity contribution in [2.24, 2.45) is 0 Å². The van der Waals surface area contributed by atoms with Gasteiger partial charge in [-0.3, -0.25) is 0 Å². The maximum absolute atomic E-state index is 13.7. The fourth-order valence-electron chi connectivity index (χ4n) is 1.80. The first-order chi connectivity index (χ1) is 9.92. The van der Waals surface area contributed by atoms with Crippen LogP contribution in [0.25, 0.3) is 0 Å². The minimum absolute atomic E-state index is 0.0574. The zero-order valence-electron chi connectivity index (χ0n) is 12.2. The second-order valence-electron chi connectivity index (χ2n) is 4.48. The number of halogens is 1. The molecule has 21 heavy (non-hydrogen) atoms.